The van der Waals surface area contributed by atoms with E-state index in [9.17, 15) is 9.59 Å². The summed E-state index contributed by atoms with van der Waals surface area (Å²) in [6.07, 6.45) is 7.42. The predicted molar refractivity (Wildman–Crippen MR) is 124 cm³/mol. The van der Waals surface area contributed by atoms with Gasteiger partial charge in [-0.25, -0.2) is 4.79 Å². The summed E-state index contributed by atoms with van der Waals surface area (Å²) in [6.45, 7) is 14.3. The molecule has 1 amide bonds. The fourth-order valence-corrected chi connectivity index (χ4v) is 3.91. The van der Waals surface area contributed by atoms with Gasteiger partial charge in [0.15, 0.2) is 5.78 Å². The van der Waals surface area contributed by atoms with Crippen LogP contribution in [0.1, 0.15) is 83.7 Å². The molecule has 1 aromatic rings. The van der Waals surface area contributed by atoms with Crippen molar-refractivity contribution in [2.24, 2.45) is 11.3 Å². The van der Waals surface area contributed by atoms with Gasteiger partial charge in [0.1, 0.15) is 5.60 Å². The molecule has 1 unspecified atom stereocenters. The Morgan fingerprint density at radius 1 is 1.23 bits per heavy atom. The molecule has 4 nitrogen and oxygen atoms in total. The maximum Gasteiger partial charge on any atom is 0.407 e. The van der Waals surface area contributed by atoms with E-state index in [0.717, 1.165) is 12.0 Å². The van der Waals surface area contributed by atoms with Crippen molar-refractivity contribution in [1.29, 1.82) is 0 Å². The first kappa shape index (κ1) is 23.9. The summed E-state index contributed by atoms with van der Waals surface area (Å²) in [5.41, 5.74) is 4.16. The minimum Gasteiger partial charge on any atom is -0.444 e. The molecule has 0 aromatic heterocycles. The number of nitrogens with one attached hydrogen (secondary N) is 1. The summed E-state index contributed by atoms with van der Waals surface area (Å²) in [5, 5.41) is 2.68. The molecule has 1 N–H and O–H groups in total. The molecule has 1 atom stereocenters. The van der Waals surface area contributed by atoms with Crippen molar-refractivity contribution in [1.82, 2.24) is 5.32 Å². The Morgan fingerprint density at radius 2 is 1.93 bits per heavy atom. The zero-order valence-corrected chi connectivity index (χ0v) is 19.6. The number of rotatable bonds is 6. The van der Waals surface area contributed by atoms with Crippen molar-refractivity contribution in [2.45, 2.75) is 73.3 Å². The third-order valence-electron chi connectivity index (χ3n) is 5.56. The van der Waals surface area contributed by atoms with Crippen LogP contribution in [0.25, 0.3) is 6.08 Å². The highest BCUT2D eigenvalue weighted by Crippen LogP contribution is 2.40. The molecule has 1 aromatic carbocycles. The summed E-state index contributed by atoms with van der Waals surface area (Å²) in [6, 6.07) is 7.68. The molecule has 2 rings (SSSR count). The number of benzene rings is 1. The van der Waals surface area contributed by atoms with Gasteiger partial charge in [0.05, 0.1) is 0 Å². The molecular formula is C26H37NO3. The van der Waals surface area contributed by atoms with E-state index in [1.807, 2.05) is 52.0 Å². The number of allylic oxidation sites excluding steroid dienone is 3. The van der Waals surface area contributed by atoms with E-state index >= 15 is 0 Å². The normalized spacial score (nSPS) is 17.7. The van der Waals surface area contributed by atoms with Crippen molar-refractivity contribution in [3.63, 3.8) is 0 Å². The summed E-state index contributed by atoms with van der Waals surface area (Å²) < 4.78 is 5.23. The number of hydrogen-bond acceptors (Lipinski definition) is 3. The lowest BCUT2D eigenvalue weighted by Gasteiger charge is -2.32. The highest BCUT2D eigenvalue weighted by Gasteiger charge is 2.26. The summed E-state index contributed by atoms with van der Waals surface area (Å²) >= 11 is 0. The SMILES string of the molecule is CC1=C(/C=C/c2cccc(C(=O)C(C)CNC(=O)OC(C)(C)C)c2)C(C)(C)CCC1. The highest BCUT2D eigenvalue weighted by molar-refractivity contribution is 5.98. The van der Waals surface area contributed by atoms with Crippen LogP contribution in [-0.4, -0.2) is 24.0 Å². The van der Waals surface area contributed by atoms with Gasteiger partial charge in [0, 0.05) is 18.0 Å². The van der Waals surface area contributed by atoms with E-state index in [-0.39, 0.29) is 23.7 Å². The number of alkyl carbamates (subject to hydrolysis) is 1. The molecule has 4 heteroatoms. The van der Waals surface area contributed by atoms with Crippen molar-refractivity contribution in [2.75, 3.05) is 6.54 Å². The molecule has 0 saturated carbocycles. The first-order valence-electron chi connectivity index (χ1n) is 10.9. The molecule has 1 aliphatic rings. The molecule has 0 spiro atoms. The average molecular weight is 412 g/mol. The van der Waals surface area contributed by atoms with E-state index in [2.05, 4.69) is 38.2 Å². The lowest BCUT2D eigenvalue weighted by Crippen LogP contribution is -2.36. The third-order valence-corrected chi connectivity index (χ3v) is 5.56. The molecule has 0 aliphatic heterocycles. The average Bonchev–Trinajstić information content (AvgIpc) is 2.63. The molecule has 1 aliphatic carbocycles. The minimum absolute atomic E-state index is 0.00898. The predicted octanol–water partition coefficient (Wildman–Crippen LogP) is 6.57. The largest absolute Gasteiger partial charge is 0.444 e. The molecule has 0 radical (unpaired) electrons. The number of ketones is 1. The van der Waals surface area contributed by atoms with Crippen LogP contribution >= 0.6 is 0 Å². The molecule has 0 bridgehead atoms. The maximum atomic E-state index is 12.8. The van der Waals surface area contributed by atoms with Crippen LogP contribution in [0.3, 0.4) is 0 Å². The second-order valence-corrected chi connectivity index (χ2v) is 10.0. The van der Waals surface area contributed by atoms with E-state index in [4.69, 9.17) is 4.74 Å². The topological polar surface area (TPSA) is 55.4 Å². The lowest BCUT2D eigenvalue weighted by molar-refractivity contribution is 0.0520. The Hall–Kier alpha value is -2.36. The van der Waals surface area contributed by atoms with Crippen molar-refractivity contribution in [3.8, 4) is 0 Å². The number of amides is 1. The molecule has 0 fully saturated rings. The summed E-state index contributed by atoms with van der Waals surface area (Å²) in [5.74, 6) is -0.325. The fourth-order valence-electron chi connectivity index (χ4n) is 3.91. The zero-order chi connectivity index (χ0) is 22.5. The van der Waals surface area contributed by atoms with Crippen molar-refractivity contribution < 1.29 is 14.3 Å². The van der Waals surface area contributed by atoms with Crippen LogP contribution in [0.2, 0.25) is 0 Å². The summed E-state index contributed by atoms with van der Waals surface area (Å²) in [7, 11) is 0. The molecule has 0 saturated heterocycles. The Bertz CT molecular complexity index is 840. The van der Waals surface area contributed by atoms with Crippen molar-refractivity contribution >= 4 is 18.0 Å². The number of carbonyl (C=O) groups is 2. The van der Waals surface area contributed by atoms with Crippen LogP contribution in [0.15, 0.2) is 41.5 Å². The Balaban J connectivity index is 2.05. The lowest BCUT2D eigenvalue weighted by atomic mass is 9.72. The molecule has 164 valence electrons. The second-order valence-electron chi connectivity index (χ2n) is 10.0. The van der Waals surface area contributed by atoms with Gasteiger partial charge in [-0.15, -0.1) is 0 Å². The number of hydrogen-bond donors (Lipinski definition) is 1. The summed E-state index contributed by atoms with van der Waals surface area (Å²) in [4.78, 5) is 24.7. The quantitative estimate of drug-likeness (QED) is 0.539. The van der Waals surface area contributed by atoms with Crippen molar-refractivity contribution in [3.05, 3.63) is 52.6 Å². The van der Waals surface area contributed by atoms with Gasteiger partial charge in [0.25, 0.3) is 0 Å². The highest BCUT2D eigenvalue weighted by atomic mass is 16.6. The second kappa shape index (κ2) is 9.63. The van der Waals surface area contributed by atoms with Gasteiger partial charge < -0.3 is 10.1 Å². The van der Waals surface area contributed by atoms with Crippen LogP contribution in [0.5, 0.6) is 0 Å². The molecule has 30 heavy (non-hydrogen) atoms. The van der Waals surface area contributed by atoms with Crippen LogP contribution in [-0.2, 0) is 4.74 Å². The van der Waals surface area contributed by atoms with Gasteiger partial charge in [-0.1, -0.05) is 56.7 Å². The number of ether oxygens (including phenoxy) is 1. The van der Waals surface area contributed by atoms with Crippen LogP contribution in [0, 0.1) is 11.3 Å². The van der Waals surface area contributed by atoms with Crippen LogP contribution < -0.4 is 5.32 Å². The monoisotopic (exact) mass is 411 g/mol. The fraction of sp³-hybridized carbons (Fsp3) is 0.538. The zero-order valence-electron chi connectivity index (χ0n) is 19.6. The Labute approximate surface area is 181 Å². The number of carbonyl (C=O) groups excluding carboxylic acids is 2. The van der Waals surface area contributed by atoms with E-state index in [1.165, 1.54) is 24.0 Å². The van der Waals surface area contributed by atoms with E-state index in [1.54, 1.807) is 0 Å². The van der Waals surface area contributed by atoms with Gasteiger partial charge in [-0.05, 0) is 69.6 Å². The third kappa shape index (κ3) is 6.86. The first-order valence-corrected chi connectivity index (χ1v) is 10.9. The van der Waals surface area contributed by atoms with Gasteiger partial charge in [-0.2, -0.15) is 0 Å². The van der Waals surface area contributed by atoms with Gasteiger partial charge in [-0.3, -0.25) is 4.79 Å². The maximum absolute atomic E-state index is 12.8. The Morgan fingerprint density at radius 3 is 2.57 bits per heavy atom. The standard InChI is InChI=1S/C26H37NO3/c1-18-10-9-15-26(6,7)22(18)14-13-20-11-8-12-21(16-20)23(28)19(2)17-27-24(29)30-25(3,4)5/h8,11-14,16,19H,9-10,15,17H2,1-7H3,(H,27,29)/b14-13+. The first-order chi connectivity index (χ1) is 13.9. The van der Waals surface area contributed by atoms with Crippen LogP contribution in [0.4, 0.5) is 4.79 Å². The van der Waals surface area contributed by atoms with Gasteiger partial charge >= 0.3 is 6.09 Å². The minimum atomic E-state index is -0.557. The van der Waals surface area contributed by atoms with E-state index < -0.39 is 11.7 Å². The smallest absolute Gasteiger partial charge is 0.407 e. The van der Waals surface area contributed by atoms with E-state index in [0.29, 0.717) is 5.56 Å². The molecule has 0 heterocycles. The Kier molecular flexibility index (Phi) is 7.68. The number of Topliss-reactive ketones (excluding diaryl/α,β-unsaturated/α-hetero) is 1. The molecular weight excluding hydrogens is 374 g/mol. The van der Waals surface area contributed by atoms with Gasteiger partial charge in [0.2, 0.25) is 0 Å².